The predicted octanol–water partition coefficient (Wildman–Crippen LogP) is 2.20. The summed E-state index contributed by atoms with van der Waals surface area (Å²) in [6.45, 7) is 3.16. The molecule has 0 amide bonds. The van der Waals surface area contributed by atoms with Gasteiger partial charge in [0.1, 0.15) is 16.8 Å². The summed E-state index contributed by atoms with van der Waals surface area (Å²) < 4.78 is 8.05. The number of benzene rings is 1. The first-order valence-corrected chi connectivity index (χ1v) is 10.5. The van der Waals surface area contributed by atoms with Crippen molar-refractivity contribution in [2.45, 2.75) is 31.4 Å². The van der Waals surface area contributed by atoms with E-state index in [9.17, 15) is 4.79 Å². The van der Waals surface area contributed by atoms with Crippen LogP contribution < -0.4 is 5.56 Å². The number of nitrogens with one attached hydrogen (secondary N) is 2. The first kappa shape index (κ1) is 17.9. The number of ether oxygens (including phenoxy) is 1. The van der Waals surface area contributed by atoms with Crippen LogP contribution in [0.3, 0.4) is 0 Å². The molecule has 0 saturated carbocycles. The molecular formula is C22H24N6O2. The Morgan fingerprint density at radius 2 is 2.00 bits per heavy atom. The van der Waals surface area contributed by atoms with Gasteiger partial charge in [0.25, 0.3) is 5.56 Å². The van der Waals surface area contributed by atoms with E-state index in [1.807, 2.05) is 7.05 Å². The van der Waals surface area contributed by atoms with E-state index in [0.29, 0.717) is 23.4 Å². The fourth-order valence-corrected chi connectivity index (χ4v) is 5.10. The minimum Gasteiger partial charge on any atom is -0.368 e. The lowest BCUT2D eigenvalue weighted by Crippen LogP contribution is -2.46. The summed E-state index contributed by atoms with van der Waals surface area (Å²) in [7, 11) is 1.81. The van der Waals surface area contributed by atoms with Crippen molar-refractivity contribution in [1.82, 2.24) is 29.6 Å². The smallest absolute Gasteiger partial charge is 0.262 e. The number of para-hydroxylation sites is 1. The molecule has 5 heterocycles. The minimum absolute atomic E-state index is 0.130. The topological polar surface area (TPSA) is 91.8 Å². The van der Waals surface area contributed by atoms with Crippen LogP contribution in [0, 0.1) is 0 Å². The highest BCUT2D eigenvalue weighted by atomic mass is 16.5. The van der Waals surface area contributed by atoms with Gasteiger partial charge in [-0.25, -0.2) is 4.98 Å². The fourth-order valence-electron chi connectivity index (χ4n) is 5.10. The number of nitrogens with zero attached hydrogens (tertiary/aromatic N) is 4. The number of hydrogen-bond acceptors (Lipinski definition) is 5. The number of rotatable bonds is 2. The molecule has 6 rings (SSSR count). The van der Waals surface area contributed by atoms with Crippen LogP contribution in [0.2, 0.25) is 0 Å². The highest BCUT2D eigenvalue weighted by Gasteiger charge is 2.42. The minimum atomic E-state index is -0.240. The van der Waals surface area contributed by atoms with Crippen molar-refractivity contribution in [3.05, 3.63) is 57.9 Å². The molecule has 154 valence electrons. The summed E-state index contributed by atoms with van der Waals surface area (Å²) in [4.78, 5) is 25.9. The standard InChI is InChI=1S/C22H24N6O2/c1-27-20-16(12-23-27)21(29)26-18(25-20)13-28-9-7-22(8-10-28)19-15(6-11-30-22)14-4-2-3-5-17(14)24-19/h2-5,12,24H,6-11,13H2,1H3,(H,25,26,29). The molecular weight excluding hydrogens is 380 g/mol. The van der Waals surface area contributed by atoms with Gasteiger partial charge in [0.15, 0.2) is 5.65 Å². The Kier molecular flexibility index (Phi) is 3.88. The van der Waals surface area contributed by atoms with E-state index >= 15 is 0 Å². The summed E-state index contributed by atoms with van der Waals surface area (Å²) in [5.41, 5.74) is 4.13. The third-order valence-corrected chi connectivity index (χ3v) is 6.69. The Labute approximate surface area is 172 Å². The van der Waals surface area contributed by atoms with Crippen molar-refractivity contribution >= 4 is 21.9 Å². The Morgan fingerprint density at radius 3 is 2.87 bits per heavy atom. The molecule has 30 heavy (non-hydrogen) atoms. The van der Waals surface area contributed by atoms with Gasteiger partial charge in [0.2, 0.25) is 0 Å². The molecule has 0 unspecified atom stereocenters. The second-order valence-corrected chi connectivity index (χ2v) is 8.41. The number of piperidine rings is 1. The molecule has 3 aromatic heterocycles. The lowest BCUT2D eigenvalue weighted by molar-refractivity contribution is -0.101. The van der Waals surface area contributed by atoms with Gasteiger partial charge < -0.3 is 14.7 Å². The van der Waals surface area contributed by atoms with Gasteiger partial charge in [-0.2, -0.15) is 5.10 Å². The van der Waals surface area contributed by atoms with Gasteiger partial charge in [0, 0.05) is 31.0 Å². The molecule has 2 N–H and O–H groups in total. The van der Waals surface area contributed by atoms with Crippen LogP contribution in [0.15, 0.2) is 35.3 Å². The number of aryl methyl sites for hydroxylation is 1. The summed E-state index contributed by atoms with van der Waals surface area (Å²) in [6, 6.07) is 8.53. The van der Waals surface area contributed by atoms with Crippen molar-refractivity contribution < 1.29 is 4.74 Å². The maximum atomic E-state index is 12.3. The number of aromatic nitrogens is 5. The van der Waals surface area contributed by atoms with E-state index in [1.165, 1.54) is 22.2 Å². The van der Waals surface area contributed by atoms with Crippen LogP contribution in [-0.2, 0) is 30.4 Å². The monoisotopic (exact) mass is 404 g/mol. The van der Waals surface area contributed by atoms with Crippen LogP contribution in [0.1, 0.15) is 29.9 Å². The number of fused-ring (bicyclic) bond motifs is 5. The van der Waals surface area contributed by atoms with Gasteiger partial charge in [-0.1, -0.05) is 18.2 Å². The van der Waals surface area contributed by atoms with E-state index in [-0.39, 0.29) is 11.2 Å². The van der Waals surface area contributed by atoms with Gasteiger partial charge in [-0.3, -0.25) is 14.4 Å². The van der Waals surface area contributed by atoms with Crippen molar-refractivity contribution in [2.75, 3.05) is 19.7 Å². The maximum absolute atomic E-state index is 12.3. The fraction of sp³-hybridized carbons (Fsp3) is 0.409. The molecule has 1 aromatic carbocycles. The van der Waals surface area contributed by atoms with Crippen LogP contribution in [0.4, 0.5) is 0 Å². The third kappa shape index (κ3) is 2.64. The molecule has 0 radical (unpaired) electrons. The Bertz CT molecular complexity index is 1310. The lowest BCUT2D eigenvalue weighted by atomic mass is 9.83. The van der Waals surface area contributed by atoms with E-state index in [4.69, 9.17) is 4.74 Å². The van der Waals surface area contributed by atoms with Gasteiger partial charge in [-0.15, -0.1) is 0 Å². The largest absolute Gasteiger partial charge is 0.368 e. The Hall–Kier alpha value is -2.97. The molecule has 1 saturated heterocycles. The normalized spacial score (nSPS) is 19.0. The van der Waals surface area contributed by atoms with Crippen LogP contribution in [0.5, 0.6) is 0 Å². The second kappa shape index (κ2) is 6.52. The van der Waals surface area contributed by atoms with Crippen LogP contribution in [-0.4, -0.2) is 49.3 Å². The molecule has 0 atom stereocenters. The molecule has 1 fully saturated rings. The van der Waals surface area contributed by atoms with Gasteiger partial charge in [-0.05, 0) is 30.9 Å². The van der Waals surface area contributed by atoms with Crippen LogP contribution in [0.25, 0.3) is 21.9 Å². The predicted molar refractivity (Wildman–Crippen MR) is 113 cm³/mol. The van der Waals surface area contributed by atoms with Gasteiger partial charge >= 0.3 is 0 Å². The average Bonchev–Trinajstić information content (AvgIpc) is 3.32. The van der Waals surface area contributed by atoms with Crippen molar-refractivity contribution in [3.8, 4) is 0 Å². The summed E-state index contributed by atoms with van der Waals surface area (Å²) in [5.74, 6) is 0.683. The summed E-state index contributed by atoms with van der Waals surface area (Å²) in [5, 5.41) is 5.99. The molecule has 2 aliphatic heterocycles. The molecule has 2 aliphatic rings. The zero-order chi connectivity index (χ0) is 20.3. The van der Waals surface area contributed by atoms with Crippen molar-refractivity contribution in [2.24, 2.45) is 7.05 Å². The number of H-pyrrole nitrogens is 2. The summed E-state index contributed by atoms with van der Waals surface area (Å²) >= 11 is 0. The maximum Gasteiger partial charge on any atom is 0.262 e. The zero-order valence-corrected chi connectivity index (χ0v) is 16.9. The van der Waals surface area contributed by atoms with E-state index in [0.717, 1.165) is 39.0 Å². The zero-order valence-electron chi connectivity index (χ0n) is 16.9. The molecule has 0 bridgehead atoms. The quantitative estimate of drug-likeness (QED) is 0.534. The molecule has 8 nitrogen and oxygen atoms in total. The third-order valence-electron chi connectivity index (χ3n) is 6.69. The first-order chi connectivity index (χ1) is 14.6. The number of aromatic amines is 2. The lowest BCUT2D eigenvalue weighted by Gasteiger charge is -2.43. The molecule has 4 aromatic rings. The highest BCUT2D eigenvalue weighted by Crippen LogP contribution is 2.43. The Balaban J connectivity index is 1.25. The number of hydrogen-bond donors (Lipinski definition) is 2. The summed E-state index contributed by atoms with van der Waals surface area (Å²) in [6.07, 6.45) is 4.37. The second-order valence-electron chi connectivity index (χ2n) is 8.41. The molecule has 8 heteroatoms. The van der Waals surface area contributed by atoms with E-state index < -0.39 is 0 Å². The van der Waals surface area contributed by atoms with Gasteiger partial charge in [0.05, 0.1) is 25.0 Å². The number of likely N-dealkylation sites (tertiary alicyclic amines) is 1. The van der Waals surface area contributed by atoms with Crippen molar-refractivity contribution in [1.29, 1.82) is 0 Å². The first-order valence-electron chi connectivity index (χ1n) is 10.5. The SMILES string of the molecule is Cn1ncc2c(=O)[nH]c(CN3CCC4(CC3)OCCc3c4[nH]c4ccccc34)nc21. The van der Waals surface area contributed by atoms with Crippen molar-refractivity contribution in [3.63, 3.8) is 0 Å². The van der Waals surface area contributed by atoms with E-state index in [2.05, 4.69) is 49.2 Å². The Morgan fingerprint density at radius 1 is 1.17 bits per heavy atom. The molecule has 1 spiro atoms. The molecule has 0 aliphatic carbocycles. The average molecular weight is 404 g/mol. The highest BCUT2D eigenvalue weighted by molar-refractivity contribution is 5.85. The van der Waals surface area contributed by atoms with Crippen LogP contribution >= 0.6 is 0 Å². The van der Waals surface area contributed by atoms with E-state index in [1.54, 1.807) is 10.9 Å².